The molecule has 3 unspecified atom stereocenters. The van der Waals surface area contributed by atoms with Gasteiger partial charge in [-0.15, -0.1) is 0 Å². The number of phosphoric acid groups is 1. The Morgan fingerprint density at radius 2 is 0.860 bits per heavy atom. The number of hydrogen-bond donors (Lipinski definition) is 3. The number of allylic oxidation sites excluding steroid dienone is 4. The Labute approximate surface area is 348 Å². The summed E-state index contributed by atoms with van der Waals surface area (Å²) in [5, 5.41) is 18.3. The zero-order valence-corrected chi connectivity index (χ0v) is 37.5. The van der Waals surface area contributed by atoms with Crippen molar-refractivity contribution in [2.75, 3.05) is 26.4 Å². The van der Waals surface area contributed by atoms with Crippen molar-refractivity contribution < 1.29 is 47.8 Å². The second-order valence-electron chi connectivity index (χ2n) is 15.8. The lowest BCUT2D eigenvalue weighted by molar-refractivity contribution is -0.161. The number of hydrogen-bond acceptors (Lipinski definition) is 9. The van der Waals surface area contributed by atoms with Crippen molar-refractivity contribution in [2.45, 2.75) is 232 Å². The second kappa shape index (κ2) is 42.6. The van der Waals surface area contributed by atoms with Gasteiger partial charge in [-0.05, 0) is 64.2 Å². The van der Waals surface area contributed by atoms with Gasteiger partial charge in [-0.25, -0.2) is 4.57 Å². The maximum atomic E-state index is 12.6. The van der Waals surface area contributed by atoms with Crippen LogP contribution in [0.1, 0.15) is 219 Å². The third kappa shape index (κ3) is 42.4. The summed E-state index contributed by atoms with van der Waals surface area (Å²) in [6.45, 7) is 2.37. The van der Waals surface area contributed by atoms with Crippen LogP contribution in [0.4, 0.5) is 0 Å². The molecule has 0 aromatic heterocycles. The van der Waals surface area contributed by atoms with Gasteiger partial charge in [-0.1, -0.05) is 167 Å². The predicted octanol–water partition coefficient (Wildman–Crippen LogP) is 12.6. The van der Waals surface area contributed by atoms with Crippen molar-refractivity contribution in [3.8, 4) is 0 Å². The summed E-state index contributed by atoms with van der Waals surface area (Å²) in [7, 11) is -4.62. The molecule has 57 heavy (non-hydrogen) atoms. The van der Waals surface area contributed by atoms with E-state index >= 15 is 0 Å². The lowest BCUT2D eigenvalue weighted by Crippen LogP contribution is -2.29. The average molecular weight is 831 g/mol. The van der Waals surface area contributed by atoms with Crippen molar-refractivity contribution in [2.24, 2.45) is 0 Å². The molecule has 0 aromatic rings. The highest BCUT2D eigenvalue weighted by molar-refractivity contribution is 7.47. The van der Waals surface area contributed by atoms with Gasteiger partial charge in [0, 0.05) is 12.8 Å². The fourth-order valence-corrected chi connectivity index (χ4v) is 7.24. The van der Waals surface area contributed by atoms with Gasteiger partial charge in [0.25, 0.3) is 0 Å². The van der Waals surface area contributed by atoms with Gasteiger partial charge in [0.1, 0.15) is 12.7 Å². The zero-order valence-electron chi connectivity index (χ0n) is 36.6. The second-order valence-corrected chi connectivity index (χ2v) is 17.2. The maximum Gasteiger partial charge on any atom is 0.472 e. The van der Waals surface area contributed by atoms with Crippen molar-refractivity contribution in [3.63, 3.8) is 0 Å². The largest absolute Gasteiger partial charge is 0.472 e. The van der Waals surface area contributed by atoms with E-state index in [2.05, 4.69) is 38.2 Å². The van der Waals surface area contributed by atoms with Crippen molar-refractivity contribution in [1.82, 2.24) is 0 Å². The molecule has 0 rings (SSSR count). The lowest BCUT2D eigenvalue weighted by atomic mass is 10.1. The predicted molar refractivity (Wildman–Crippen MR) is 233 cm³/mol. The van der Waals surface area contributed by atoms with Gasteiger partial charge < -0.3 is 24.6 Å². The van der Waals surface area contributed by atoms with Crippen LogP contribution < -0.4 is 0 Å². The summed E-state index contributed by atoms with van der Waals surface area (Å²) in [4.78, 5) is 35.0. The molecule has 0 aliphatic carbocycles. The van der Waals surface area contributed by atoms with E-state index in [1.807, 2.05) is 0 Å². The zero-order chi connectivity index (χ0) is 41.9. The highest BCUT2D eigenvalue weighted by Crippen LogP contribution is 2.43. The van der Waals surface area contributed by atoms with Crippen molar-refractivity contribution in [1.29, 1.82) is 0 Å². The summed E-state index contributed by atoms with van der Waals surface area (Å²) in [6.07, 6.45) is 42.9. The van der Waals surface area contributed by atoms with E-state index in [0.717, 1.165) is 57.8 Å². The first-order chi connectivity index (χ1) is 27.7. The summed E-state index contributed by atoms with van der Waals surface area (Å²) in [5.74, 6) is -0.931. The van der Waals surface area contributed by atoms with E-state index in [1.54, 1.807) is 0 Å². The van der Waals surface area contributed by atoms with Gasteiger partial charge in [-0.3, -0.25) is 18.6 Å². The van der Waals surface area contributed by atoms with Crippen molar-refractivity contribution >= 4 is 19.8 Å². The molecule has 0 aromatic carbocycles. The Morgan fingerprint density at radius 3 is 1.28 bits per heavy atom. The normalized spacial score (nSPS) is 14.0. The Bertz CT molecular complexity index is 1000. The van der Waals surface area contributed by atoms with Gasteiger partial charge in [0.05, 0.1) is 19.8 Å². The molecule has 10 nitrogen and oxygen atoms in total. The molecule has 0 bridgehead atoms. The topological polar surface area (TPSA) is 149 Å². The van der Waals surface area contributed by atoms with E-state index in [0.29, 0.717) is 12.8 Å². The maximum absolute atomic E-state index is 12.6. The standard InChI is InChI=1S/C46H87O10P/c1-3-5-7-9-11-13-15-17-18-19-20-21-22-23-24-26-28-30-32-34-36-38-46(50)56-44(42-55-57(51,52)54-40-43(48)39-47)41-53-45(49)37-35-33-31-29-27-25-16-14-12-10-8-6-4-2/h14,16,19-20,43-44,47-48H,3-13,15,17-18,21-42H2,1-2H3,(H,51,52)/b16-14-,20-19-. The van der Waals surface area contributed by atoms with Gasteiger partial charge >= 0.3 is 19.8 Å². The smallest absolute Gasteiger partial charge is 0.462 e. The van der Waals surface area contributed by atoms with E-state index in [-0.39, 0.29) is 19.4 Å². The number of carbonyl (C=O) groups excluding carboxylic acids is 2. The fourth-order valence-electron chi connectivity index (χ4n) is 6.45. The minimum absolute atomic E-state index is 0.182. The SMILES string of the molecule is CCCCCC/C=C\CCCCCCCC(=O)OCC(COP(=O)(O)OCC(O)CO)OC(=O)CCCCCCCCCCC/C=C\CCCCCCCCCC. The minimum atomic E-state index is -4.62. The Hall–Kier alpha value is -1.55. The third-order valence-electron chi connectivity index (χ3n) is 10.1. The molecule has 336 valence electrons. The van der Waals surface area contributed by atoms with Crippen LogP contribution >= 0.6 is 7.82 Å². The molecule has 11 heteroatoms. The number of esters is 2. The summed E-state index contributed by atoms with van der Waals surface area (Å²) in [6, 6.07) is 0. The molecule has 0 fully saturated rings. The minimum Gasteiger partial charge on any atom is -0.462 e. The summed E-state index contributed by atoms with van der Waals surface area (Å²) in [5.41, 5.74) is 0. The monoisotopic (exact) mass is 831 g/mol. The van der Waals surface area contributed by atoms with Crippen LogP contribution in [-0.4, -0.2) is 65.7 Å². The van der Waals surface area contributed by atoms with Crippen LogP contribution in [0.25, 0.3) is 0 Å². The molecule has 3 atom stereocenters. The Kier molecular flexibility index (Phi) is 41.4. The Morgan fingerprint density at radius 1 is 0.509 bits per heavy atom. The first-order valence-corrected chi connectivity index (χ1v) is 24.8. The fraction of sp³-hybridized carbons (Fsp3) is 0.870. The molecular weight excluding hydrogens is 743 g/mol. The Balaban J connectivity index is 4.21. The molecule has 0 radical (unpaired) electrons. The first-order valence-electron chi connectivity index (χ1n) is 23.3. The number of phosphoric ester groups is 1. The number of carbonyl (C=O) groups is 2. The molecular formula is C46H87O10P. The van der Waals surface area contributed by atoms with Crippen LogP contribution in [0.15, 0.2) is 24.3 Å². The van der Waals surface area contributed by atoms with Gasteiger partial charge in [-0.2, -0.15) is 0 Å². The molecule has 0 aliphatic rings. The van der Waals surface area contributed by atoms with Crippen molar-refractivity contribution in [3.05, 3.63) is 24.3 Å². The molecule has 0 spiro atoms. The molecule has 0 aliphatic heterocycles. The first kappa shape index (κ1) is 55.5. The van der Waals surface area contributed by atoms with E-state index in [9.17, 15) is 24.2 Å². The molecule has 0 saturated heterocycles. The highest BCUT2D eigenvalue weighted by atomic mass is 31.2. The van der Waals surface area contributed by atoms with Crippen LogP contribution in [0, 0.1) is 0 Å². The number of aliphatic hydroxyl groups is 2. The molecule has 0 saturated carbocycles. The van der Waals surface area contributed by atoms with Crippen LogP contribution in [0.3, 0.4) is 0 Å². The number of rotatable bonds is 44. The number of ether oxygens (including phenoxy) is 2. The van der Waals surface area contributed by atoms with Crippen LogP contribution in [0.5, 0.6) is 0 Å². The van der Waals surface area contributed by atoms with E-state index < -0.39 is 51.8 Å². The average Bonchev–Trinajstić information content (AvgIpc) is 3.20. The lowest BCUT2D eigenvalue weighted by Gasteiger charge is -2.20. The van der Waals surface area contributed by atoms with E-state index in [1.165, 1.54) is 122 Å². The quantitative estimate of drug-likeness (QED) is 0.0234. The summed E-state index contributed by atoms with van der Waals surface area (Å²) < 4.78 is 32.7. The van der Waals surface area contributed by atoms with Gasteiger partial charge in [0.2, 0.25) is 0 Å². The highest BCUT2D eigenvalue weighted by Gasteiger charge is 2.27. The number of unbranched alkanes of at least 4 members (excludes halogenated alkanes) is 26. The summed E-state index contributed by atoms with van der Waals surface area (Å²) >= 11 is 0. The van der Waals surface area contributed by atoms with Gasteiger partial charge in [0.15, 0.2) is 6.10 Å². The third-order valence-corrected chi connectivity index (χ3v) is 11.0. The van der Waals surface area contributed by atoms with E-state index in [4.69, 9.17) is 23.6 Å². The molecule has 3 N–H and O–H groups in total. The van der Waals surface area contributed by atoms with Crippen LogP contribution in [0.2, 0.25) is 0 Å². The van der Waals surface area contributed by atoms with Crippen LogP contribution in [-0.2, 0) is 32.7 Å². The number of aliphatic hydroxyl groups excluding tert-OH is 2. The molecule has 0 heterocycles. The molecule has 0 amide bonds.